The molecule has 2 heterocycles. The van der Waals surface area contributed by atoms with E-state index in [-0.39, 0.29) is 18.0 Å². The lowest BCUT2D eigenvalue weighted by Crippen LogP contribution is -2.41. The Hall–Kier alpha value is -2.56. The maximum atomic E-state index is 11.9. The summed E-state index contributed by atoms with van der Waals surface area (Å²) in [6, 6.07) is 11.8. The molecule has 3 rings (SSSR count). The van der Waals surface area contributed by atoms with Crippen molar-refractivity contribution in [3.05, 3.63) is 54.4 Å². The van der Waals surface area contributed by atoms with E-state index in [2.05, 4.69) is 9.47 Å². The van der Waals surface area contributed by atoms with E-state index in [1.165, 1.54) is 0 Å². The average Bonchev–Trinajstić information content (AvgIpc) is 2.96. The molecule has 5 nitrogen and oxygen atoms in total. The van der Waals surface area contributed by atoms with Gasteiger partial charge in [0, 0.05) is 29.9 Å². The molecule has 1 amide bonds. The Kier molecular flexibility index (Phi) is 3.71. The van der Waals surface area contributed by atoms with Crippen LogP contribution in [0.3, 0.4) is 0 Å². The van der Waals surface area contributed by atoms with E-state index in [1.807, 2.05) is 55.7 Å². The van der Waals surface area contributed by atoms with Crippen molar-refractivity contribution in [2.75, 3.05) is 17.2 Å². The van der Waals surface area contributed by atoms with E-state index in [4.69, 9.17) is 11.5 Å². The number of carbonyl (C=O) groups is 1. The number of pyridine rings is 1. The number of hydrogen-bond donors (Lipinski definition) is 2. The summed E-state index contributed by atoms with van der Waals surface area (Å²) < 4.78 is 2.14. The van der Waals surface area contributed by atoms with Crippen LogP contribution in [-0.4, -0.2) is 18.5 Å². The maximum Gasteiger partial charge on any atom is 0.240 e. The number of nitrogen functional groups attached to an aromatic ring is 1. The van der Waals surface area contributed by atoms with Gasteiger partial charge in [0.05, 0.1) is 6.54 Å². The van der Waals surface area contributed by atoms with E-state index in [9.17, 15) is 4.79 Å². The number of benzene rings is 1. The molecular weight excluding hydrogens is 276 g/mol. The Balaban J connectivity index is 1.92. The molecule has 1 aromatic carbocycles. The van der Waals surface area contributed by atoms with Gasteiger partial charge in [-0.15, -0.1) is 0 Å². The van der Waals surface area contributed by atoms with Gasteiger partial charge in [0.25, 0.3) is 0 Å². The van der Waals surface area contributed by atoms with Gasteiger partial charge in [0.1, 0.15) is 6.04 Å². The lowest BCUT2D eigenvalue weighted by atomic mass is 10.1. The Bertz CT molecular complexity index is 686. The molecule has 2 atom stereocenters. The first-order chi connectivity index (χ1) is 10.6. The first kappa shape index (κ1) is 14.4. The molecular formula is C17H21N4O+. The summed E-state index contributed by atoms with van der Waals surface area (Å²) in [5.74, 6) is -0.284. The highest BCUT2D eigenvalue weighted by Gasteiger charge is 2.40. The Labute approximate surface area is 130 Å². The SMILES string of the molecule is Cc1cc(N2CC([n+]3ccccc3)CC2C(N)=O)ccc1N. The van der Waals surface area contributed by atoms with Crippen LogP contribution in [0.1, 0.15) is 18.0 Å². The van der Waals surface area contributed by atoms with Gasteiger partial charge >= 0.3 is 0 Å². The van der Waals surface area contributed by atoms with Crippen LogP contribution in [0, 0.1) is 6.92 Å². The molecule has 1 aliphatic heterocycles. The van der Waals surface area contributed by atoms with E-state index < -0.39 is 0 Å². The van der Waals surface area contributed by atoms with Gasteiger partial charge in [-0.2, -0.15) is 0 Å². The normalized spacial score (nSPS) is 21.0. The minimum atomic E-state index is -0.291. The quantitative estimate of drug-likeness (QED) is 0.659. The lowest BCUT2D eigenvalue weighted by Gasteiger charge is -2.24. The number of carbonyl (C=O) groups excluding carboxylic acids is 1. The molecule has 0 bridgehead atoms. The number of nitrogens with two attached hydrogens (primary N) is 2. The molecule has 4 N–H and O–H groups in total. The van der Waals surface area contributed by atoms with Crippen molar-refractivity contribution in [3.8, 4) is 0 Å². The third-order valence-electron chi connectivity index (χ3n) is 4.35. The van der Waals surface area contributed by atoms with Crippen molar-refractivity contribution >= 4 is 17.3 Å². The molecule has 0 spiro atoms. The van der Waals surface area contributed by atoms with Crippen LogP contribution in [0.15, 0.2) is 48.8 Å². The predicted molar refractivity (Wildman–Crippen MR) is 86.2 cm³/mol. The summed E-state index contributed by atoms with van der Waals surface area (Å²) in [5, 5.41) is 0. The van der Waals surface area contributed by atoms with E-state index in [0.717, 1.165) is 23.5 Å². The van der Waals surface area contributed by atoms with Crippen LogP contribution in [0.5, 0.6) is 0 Å². The predicted octanol–water partition coefficient (Wildman–Crippen LogP) is 1.17. The average molecular weight is 297 g/mol. The number of amides is 1. The van der Waals surface area contributed by atoms with Gasteiger partial charge in [-0.1, -0.05) is 6.07 Å². The second-order valence-electron chi connectivity index (χ2n) is 5.82. The van der Waals surface area contributed by atoms with Crippen molar-refractivity contribution < 1.29 is 9.36 Å². The van der Waals surface area contributed by atoms with Crippen LogP contribution < -0.4 is 20.9 Å². The first-order valence-corrected chi connectivity index (χ1v) is 7.44. The van der Waals surface area contributed by atoms with Crippen molar-refractivity contribution in [2.24, 2.45) is 5.73 Å². The third-order valence-corrected chi connectivity index (χ3v) is 4.35. The first-order valence-electron chi connectivity index (χ1n) is 7.44. The van der Waals surface area contributed by atoms with Crippen LogP contribution in [0.4, 0.5) is 11.4 Å². The molecule has 0 aliphatic carbocycles. The number of anilines is 2. The monoisotopic (exact) mass is 297 g/mol. The Morgan fingerprint density at radius 2 is 2.00 bits per heavy atom. The largest absolute Gasteiger partial charge is 0.399 e. The number of hydrogen-bond acceptors (Lipinski definition) is 3. The van der Waals surface area contributed by atoms with Gasteiger partial charge in [-0.25, -0.2) is 4.57 Å². The molecule has 0 saturated carbocycles. The van der Waals surface area contributed by atoms with E-state index in [0.29, 0.717) is 6.42 Å². The molecule has 1 aromatic heterocycles. The number of nitrogens with zero attached hydrogens (tertiary/aromatic N) is 2. The maximum absolute atomic E-state index is 11.9. The molecule has 1 aliphatic rings. The van der Waals surface area contributed by atoms with Crippen molar-refractivity contribution in [2.45, 2.75) is 25.4 Å². The molecule has 1 saturated heterocycles. The molecule has 5 heteroatoms. The van der Waals surface area contributed by atoms with Gasteiger partial charge in [-0.3, -0.25) is 4.79 Å². The molecule has 114 valence electrons. The minimum Gasteiger partial charge on any atom is -0.399 e. The van der Waals surface area contributed by atoms with E-state index >= 15 is 0 Å². The molecule has 1 fully saturated rings. The fraction of sp³-hybridized carbons (Fsp3) is 0.294. The van der Waals surface area contributed by atoms with Gasteiger partial charge in [0.2, 0.25) is 5.91 Å². The standard InChI is InChI=1S/C17H20N4O/c1-12-9-13(5-6-15(12)18)21-11-14(10-16(21)17(19)22)20-7-3-2-4-8-20/h2-9,14,16H,10-11,18H2,1H3,(H-,19,22)/p+1. The van der Waals surface area contributed by atoms with Crippen LogP contribution in [-0.2, 0) is 4.79 Å². The number of rotatable bonds is 3. The zero-order valence-electron chi connectivity index (χ0n) is 12.6. The molecule has 2 aromatic rings. The summed E-state index contributed by atoms with van der Waals surface area (Å²) in [5.41, 5.74) is 14.3. The van der Waals surface area contributed by atoms with Crippen molar-refractivity contribution in [1.29, 1.82) is 0 Å². The highest BCUT2D eigenvalue weighted by atomic mass is 16.1. The zero-order valence-corrected chi connectivity index (χ0v) is 12.6. The third kappa shape index (κ3) is 2.62. The van der Waals surface area contributed by atoms with Crippen molar-refractivity contribution in [3.63, 3.8) is 0 Å². The highest BCUT2D eigenvalue weighted by molar-refractivity contribution is 5.84. The Morgan fingerprint density at radius 3 is 2.64 bits per heavy atom. The summed E-state index contributed by atoms with van der Waals surface area (Å²) in [6.45, 7) is 2.73. The van der Waals surface area contributed by atoms with Crippen LogP contribution >= 0.6 is 0 Å². The zero-order chi connectivity index (χ0) is 15.7. The molecule has 22 heavy (non-hydrogen) atoms. The lowest BCUT2D eigenvalue weighted by molar-refractivity contribution is -0.718. The summed E-state index contributed by atoms with van der Waals surface area (Å²) in [6.07, 6.45) is 4.77. The number of aryl methyl sites for hydroxylation is 1. The summed E-state index contributed by atoms with van der Waals surface area (Å²) in [7, 11) is 0. The highest BCUT2D eigenvalue weighted by Crippen LogP contribution is 2.31. The van der Waals surface area contributed by atoms with Crippen LogP contribution in [0.2, 0.25) is 0 Å². The second kappa shape index (κ2) is 5.67. The van der Waals surface area contributed by atoms with Gasteiger partial charge in [0.15, 0.2) is 18.4 Å². The Morgan fingerprint density at radius 1 is 1.27 bits per heavy atom. The smallest absolute Gasteiger partial charge is 0.240 e. The molecule has 0 radical (unpaired) electrons. The summed E-state index contributed by atoms with van der Waals surface area (Å²) >= 11 is 0. The number of aromatic nitrogens is 1. The van der Waals surface area contributed by atoms with E-state index in [1.54, 1.807) is 0 Å². The number of primary amides is 1. The van der Waals surface area contributed by atoms with Gasteiger partial charge in [-0.05, 0) is 30.7 Å². The fourth-order valence-corrected chi connectivity index (χ4v) is 3.08. The van der Waals surface area contributed by atoms with Gasteiger partial charge < -0.3 is 16.4 Å². The summed E-state index contributed by atoms with van der Waals surface area (Å²) in [4.78, 5) is 13.9. The van der Waals surface area contributed by atoms with Crippen molar-refractivity contribution in [1.82, 2.24) is 0 Å². The molecule has 2 unspecified atom stereocenters. The van der Waals surface area contributed by atoms with Crippen LogP contribution in [0.25, 0.3) is 0 Å². The fourth-order valence-electron chi connectivity index (χ4n) is 3.08. The second-order valence-corrected chi connectivity index (χ2v) is 5.82. The topological polar surface area (TPSA) is 76.2 Å². The minimum absolute atomic E-state index is 0.233.